The van der Waals surface area contributed by atoms with Gasteiger partial charge < -0.3 is 20.3 Å². The maximum atomic E-state index is 14.4. The molecule has 0 aliphatic heterocycles. The van der Waals surface area contributed by atoms with Crippen LogP contribution in [0.15, 0.2) is 24.3 Å². The molecule has 3 atom stereocenters. The minimum atomic E-state index is -0.875. The first-order valence-electron chi connectivity index (χ1n) is 13.6. The Hall–Kier alpha value is -2.57. The number of aryl methyl sites for hydroxylation is 1. The Morgan fingerprint density at radius 2 is 1.46 bits per heavy atom. The molecule has 0 radical (unpaired) electrons. The molecule has 0 fully saturated rings. The van der Waals surface area contributed by atoms with Gasteiger partial charge in [-0.1, -0.05) is 58.4 Å². The number of nitrogens with zero attached hydrogens (tertiary/aromatic N) is 1. The second-order valence-electron chi connectivity index (χ2n) is 12.6. The third kappa shape index (κ3) is 9.67. The van der Waals surface area contributed by atoms with Crippen molar-refractivity contribution in [2.45, 2.75) is 131 Å². The molecule has 7 nitrogen and oxygen atoms in total. The summed E-state index contributed by atoms with van der Waals surface area (Å²) in [5.74, 6) is -0.739. The van der Waals surface area contributed by atoms with Crippen LogP contribution in [0.4, 0.5) is 4.79 Å². The van der Waals surface area contributed by atoms with Crippen LogP contribution < -0.4 is 10.6 Å². The maximum absolute atomic E-state index is 14.4. The van der Waals surface area contributed by atoms with Gasteiger partial charge in [0.15, 0.2) is 0 Å². The van der Waals surface area contributed by atoms with Crippen molar-refractivity contribution in [3.8, 4) is 0 Å². The van der Waals surface area contributed by atoms with E-state index in [0.717, 1.165) is 17.5 Å². The summed E-state index contributed by atoms with van der Waals surface area (Å²) in [7, 11) is 0. The van der Waals surface area contributed by atoms with Crippen LogP contribution in [0, 0.1) is 5.92 Å². The molecule has 1 rings (SSSR count). The zero-order chi connectivity index (χ0) is 28.8. The normalized spacial score (nSPS) is 14.8. The van der Waals surface area contributed by atoms with E-state index in [1.165, 1.54) is 0 Å². The van der Waals surface area contributed by atoms with Crippen LogP contribution in [0.25, 0.3) is 0 Å². The largest absolute Gasteiger partial charge is 0.444 e. The van der Waals surface area contributed by atoms with Crippen molar-refractivity contribution in [3.05, 3.63) is 35.4 Å². The highest BCUT2D eigenvalue weighted by Crippen LogP contribution is 2.34. The van der Waals surface area contributed by atoms with Crippen LogP contribution in [0.3, 0.4) is 0 Å². The van der Waals surface area contributed by atoms with Crippen LogP contribution in [0.1, 0.15) is 113 Å². The molecule has 0 saturated heterocycles. The molecule has 210 valence electrons. The molecule has 7 heteroatoms. The third-order valence-corrected chi connectivity index (χ3v) is 6.61. The lowest BCUT2D eigenvalue weighted by molar-refractivity contribution is -0.151. The lowest BCUT2D eigenvalue weighted by atomic mass is 9.89. The molecule has 0 aromatic heterocycles. The van der Waals surface area contributed by atoms with Crippen molar-refractivity contribution in [1.29, 1.82) is 0 Å². The number of carbonyl (C=O) groups excluding carboxylic acids is 3. The van der Waals surface area contributed by atoms with Crippen molar-refractivity contribution in [3.63, 3.8) is 0 Å². The average molecular weight is 518 g/mol. The van der Waals surface area contributed by atoms with Gasteiger partial charge in [-0.3, -0.25) is 9.59 Å². The Bertz CT molecular complexity index is 910. The number of hydrogen-bond acceptors (Lipinski definition) is 4. The highest BCUT2D eigenvalue weighted by molar-refractivity contribution is 5.93. The van der Waals surface area contributed by atoms with E-state index < -0.39 is 34.9 Å². The first-order valence-corrected chi connectivity index (χ1v) is 13.6. The summed E-state index contributed by atoms with van der Waals surface area (Å²) >= 11 is 0. The van der Waals surface area contributed by atoms with Crippen molar-refractivity contribution in [2.75, 3.05) is 0 Å². The second-order valence-corrected chi connectivity index (χ2v) is 12.6. The van der Waals surface area contributed by atoms with Gasteiger partial charge in [0.1, 0.15) is 17.7 Å². The molecule has 3 unspecified atom stereocenters. The smallest absolute Gasteiger partial charge is 0.408 e. The number of benzene rings is 1. The Kier molecular flexibility index (Phi) is 11.2. The summed E-state index contributed by atoms with van der Waals surface area (Å²) in [6, 6.07) is 6.12. The summed E-state index contributed by atoms with van der Waals surface area (Å²) in [5.41, 5.74) is 0.00612. The fraction of sp³-hybridized carbons (Fsp3) is 0.700. The van der Waals surface area contributed by atoms with Crippen molar-refractivity contribution in [1.82, 2.24) is 15.5 Å². The molecule has 2 N–H and O–H groups in total. The first-order chi connectivity index (χ1) is 16.9. The fourth-order valence-electron chi connectivity index (χ4n) is 4.00. The summed E-state index contributed by atoms with van der Waals surface area (Å²) in [4.78, 5) is 42.8. The third-order valence-electron chi connectivity index (χ3n) is 6.61. The van der Waals surface area contributed by atoms with Gasteiger partial charge >= 0.3 is 6.09 Å². The van der Waals surface area contributed by atoms with E-state index in [2.05, 4.69) is 17.6 Å². The summed E-state index contributed by atoms with van der Waals surface area (Å²) in [6.07, 6.45) is 1.50. The quantitative estimate of drug-likeness (QED) is 0.389. The summed E-state index contributed by atoms with van der Waals surface area (Å²) < 4.78 is 5.49. The minimum Gasteiger partial charge on any atom is -0.444 e. The monoisotopic (exact) mass is 517 g/mol. The van der Waals surface area contributed by atoms with Gasteiger partial charge in [0.25, 0.3) is 0 Å². The van der Waals surface area contributed by atoms with Gasteiger partial charge in [0.2, 0.25) is 11.8 Å². The van der Waals surface area contributed by atoms with E-state index >= 15 is 0 Å². The molecule has 0 bridgehead atoms. The van der Waals surface area contributed by atoms with Crippen molar-refractivity contribution in [2.24, 2.45) is 5.92 Å². The summed E-state index contributed by atoms with van der Waals surface area (Å²) in [6.45, 7) is 23.0. The number of rotatable bonds is 10. The van der Waals surface area contributed by atoms with E-state index in [9.17, 15) is 14.4 Å². The fourth-order valence-corrected chi connectivity index (χ4v) is 4.00. The Morgan fingerprint density at radius 1 is 0.919 bits per heavy atom. The van der Waals surface area contributed by atoms with Gasteiger partial charge in [0, 0.05) is 11.1 Å². The molecule has 0 aliphatic carbocycles. The number of amides is 3. The topological polar surface area (TPSA) is 87.7 Å². The zero-order valence-corrected chi connectivity index (χ0v) is 25.2. The lowest BCUT2D eigenvalue weighted by Crippen LogP contribution is -2.61. The summed E-state index contributed by atoms with van der Waals surface area (Å²) in [5, 5.41) is 5.92. The number of alkyl carbamates (subject to hydrolysis) is 1. The zero-order valence-electron chi connectivity index (χ0n) is 25.2. The van der Waals surface area contributed by atoms with E-state index in [1.807, 2.05) is 79.7 Å². The molecular weight excluding hydrogens is 466 g/mol. The van der Waals surface area contributed by atoms with Crippen LogP contribution in [-0.4, -0.2) is 45.5 Å². The van der Waals surface area contributed by atoms with Gasteiger partial charge in [-0.25, -0.2) is 4.79 Å². The van der Waals surface area contributed by atoms with E-state index in [-0.39, 0.29) is 17.7 Å². The number of carbonyl (C=O) groups is 3. The van der Waals surface area contributed by atoms with Gasteiger partial charge in [-0.15, -0.1) is 0 Å². The number of hydrogen-bond donors (Lipinski definition) is 2. The van der Waals surface area contributed by atoms with E-state index in [4.69, 9.17) is 4.74 Å². The number of ether oxygens (including phenoxy) is 1. The molecule has 0 aliphatic rings. The van der Waals surface area contributed by atoms with Gasteiger partial charge in [-0.05, 0) is 85.3 Å². The van der Waals surface area contributed by atoms with Crippen LogP contribution in [0.5, 0.6) is 0 Å². The second kappa shape index (κ2) is 12.8. The molecule has 37 heavy (non-hydrogen) atoms. The molecule has 0 saturated carbocycles. The van der Waals surface area contributed by atoms with Crippen LogP contribution >= 0.6 is 0 Å². The Labute approximate surface area is 225 Å². The number of nitrogens with one attached hydrogen (secondary N) is 2. The van der Waals surface area contributed by atoms with Crippen molar-refractivity contribution >= 4 is 17.9 Å². The maximum Gasteiger partial charge on any atom is 0.408 e. The Morgan fingerprint density at radius 3 is 1.86 bits per heavy atom. The molecular formula is C30H51N3O4. The van der Waals surface area contributed by atoms with Gasteiger partial charge in [-0.2, -0.15) is 0 Å². The van der Waals surface area contributed by atoms with Crippen molar-refractivity contribution < 1.29 is 19.1 Å². The highest BCUT2D eigenvalue weighted by atomic mass is 16.6. The predicted molar refractivity (Wildman–Crippen MR) is 150 cm³/mol. The predicted octanol–water partition coefficient (Wildman–Crippen LogP) is 6.16. The van der Waals surface area contributed by atoms with E-state index in [1.54, 1.807) is 25.7 Å². The first kappa shape index (κ1) is 32.5. The lowest BCUT2D eigenvalue weighted by Gasteiger charge is -2.46. The SMILES string of the molecule is CCc1ccc(C(C(=O)NC(C)(C)C)N(C(=O)C(NC(=O)OC(C)(C)C)C(C)CC)C(C)(C)CC)cc1. The molecule has 3 amide bonds. The minimum absolute atomic E-state index is 0.177. The van der Waals surface area contributed by atoms with Gasteiger partial charge in [0.05, 0.1) is 0 Å². The molecule has 1 aromatic carbocycles. The highest BCUT2D eigenvalue weighted by Gasteiger charge is 2.44. The van der Waals surface area contributed by atoms with Crippen LogP contribution in [-0.2, 0) is 20.7 Å². The molecule has 0 heterocycles. The van der Waals surface area contributed by atoms with E-state index in [0.29, 0.717) is 12.8 Å². The standard InChI is InChI=1S/C30H51N3O4/c1-13-20(4)23(31-27(36)37-29(8,9)10)26(35)33(30(11,12)15-3)24(25(34)32-28(5,6)7)22-18-16-21(14-2)17-19-22/h16-20,23-24H,13-15H2,1-12H3,(H,31,36)(H,32,34). The molecule has 0 spiro atoms. The average Bonchev–Trinajstić information content (AvgIpc) is 2.77. The molecule has 1 aromatic rings. The Balaban J connectivity index is 3.71. The van der Waals surface area contributed by atoms with Crippen LogP contribution in [0.2, 0.25) is 0 Å².